The van der Waals surface area contributed by atoms with E-state index in [9.17, 15) is 9.59 Å². The van der Waals surface area contributed by atoms with Gasteiger partial charge in [0.1, 0.15) is 5.15 Å². The number of benzene rings is 1. The SMILES string of the molecule is CC[C@H](C)c1ccccc1NC(=O)COC(=O)c1cnc(Cl)c(Cl)c1. The normalized spacial score (nSPS) is 11.7. The van der Waals surface area contributed by atoms with Gasteiger partial charge >= 0.3 is 5.97 Å². The van der Waals surface area contributed by atoms with Gasteiger partial charge < -0.3 is 10.1 Å². The average Bonchev–Trinajstić information content (AvgIpc) is 2.61. The van der Waals surface area contributed by atoms with E-state index in [0.29, 0.717) is 11.6 Å². The fourth-order valence-corrected chi connectivity index (χ4v) is 2.46. The number of nitrogens with one attached hydrogen (secondary N) is 1. The minimum atomic E-state index is -0.698. The third kappa shape index (κ3) is 5.18. The number of aromatic nitrogens is 1. The van der Waals surface area contributed by atoms with Crippen molar-refractivity contribution in [3.05, 3.63) is 57.8 Å². The van der Waals surface area contributed by atoms with Crippen LogP contribution in [0.1, 0.15) is 42.1 Å². The molecule has 0 aliphatic heterocycles. The lowest BCUT2D eigenvalue weighted by molar-refractivity contribution is -0.119. The lowest BCUT2D eigenvalue weighted by Crippen LogP contribution is -2.21. The molecule has 2 rings (SSSR count). The smallest absolute Gasteiger partial charge is 0.340 e. The standard InChI is InChI=1S/C18H18Cl2N2O3/c1-3-11(2)13-6-4-5-7-15(13)22-16(23)10-25-18(24)12-8-14(19)17(20)21-9-12/h4-9,11H,3,10H2,1-2H3,(H,22,23)/t11-/m0/s1. The Morgan fingerprint density at radius 3 is 2.68 bits per heavy atom. The summed E-state index contributed by atoms with van der Waals surface area (Å²) < 4.78 is 4.99. The van der Waals surface area contributed by atoms with Crippen molar-refractivity contribution in [1.82, 2.24) is 4.98 Å². The number of hydrogen-bond donors (Lipinski definition) is 1. The van der Waals surface area contributed by atoms with Gasteiger partial charge in [-0.1, -0.05) is 55.2 Å². The van der Waals surface area contributed by atoms with Crippen molar-refractivity contribution in [2.45, 2.75) is 26.2 Å². The van der Waals surface area contributed by atoms with Crippen LogP contribution in [0.4, 0.5) is 5.69 Å². The Kier molecular flexibility index (Phi) is 6.79. The molecule has 7 heteroatoms. The van der Waals surface area contributed by atoms with Crippen molar-refractivity contribution >= 4 is 40.8 Å². The largest absolute Gasteiger partial charge is 0.452 e. The van der Waals surface area contributed by atoms with Crippen molar-refractivity contribution in [2.24, 2.45) is 0 Å². The lowest BCUT2D eigenvalue weighted by atomic mass is 9.97. The second-order valence-electron chi connectivity index (χ2n) is 5.52. The minimum Gasteiger partial charge on any atom is -0.452 e. The molecule has 1 N–H and O–H groups in total. The van der Waals surface area contributed by atoms with Crippen LogP contribution in [-0.4, -0.2) is 23.5 Å². The van der Waals surface area contributed by atoms with Crippen LogP contribution in [0.3, 0.4) is 0 Å². The molecule has 0 fully saturated rings. The Bertz CT molecular complexity index is 781. The Morgan fingerprint density at radius 1 is 1.28 bits per heavy atom. The monoisotopic (exact) mass is 380 g/mol. The van der Waals surface area contributed by atoms with E-state index in [1.54, 1.807) is 0 Å². The predicted molar refractivity (Wildman–Crippen MR) is 98.3 cm³/mol. The summed E-state index contributed by atoms with van der Waals surface area (Å²) in [6, 6.07) is 8.90. The average molecular weight is 381 g/mol. The molecule has 1 aromatic heterocycles. The van der Waals surface area contributed by atoms with Gasteiger partial charge in [-0.15, -0.1) is 0 Å². The summed E-state index contributed by atoms with van der Waals surface area (Å²) in [5, 5.41) is 3.01. The van der Waals surface area contributed by atoms with Crippen molar-refractivity contribution in [3.8, 4) is 0 Å². The number of carbonyl (C=O) groups is 2. The molecule has 0 saturated heterocycles. The molecule has 0 aliphatic rings. The number of ether oxygens (including phenoxy) is 1. The van der Waals surface area contributed by atoms with Gasteiger partial charge in [0, 0.05) is 11.9 Å². The first kappa shape index (κ1) is 19.2. The molecule has 1 amide bonds. The first-order chi connectivity index (χ1) is 11.9. The molecule has 0 radical (unpaired) electrons. The molecule has 25 heavy (non-hydrogen) atoms. The van der Waals surface area contributed by atoms with Gasteiger partial charge in [-0.25, -0.2) is 9.78 Å². The first-order valence-corrected chi connectivity index (χ1v) is 8.55. The van der Waals surface area contributed by atoms with Crippen molar-refractivity contribution in [1.29, 1.82) is 0 Å². The number of rotatable bonds is 6. The van der Waals surface area contributed by atoms with Crippen LogP contribution in [0.15, 0.2) is 36.5 Å². The molecule has 132 valence electrons. The third-order valence-electron chi connectivity index (χ3n) is 3.74. The van der Waals surface area contributed by atoms with E-state index in [-0.39, 0.29) is 15.7 Å². The number of esters is 1. The van der Waals surface area contributed by atoms with Gasteiger partial charge in [0.2, 0.25) is 0 Å². The maximum Gasteiger partial charge on any atom is 0.340 e. The summed E-state index contributed by atoms with van der Waals surface area (Å²) in [5.74, 6) is -0.810. The summed E-state index contributed by atoms with van der Waals surface area (Å²) in [6.45, 7) is 3.76. The number of para-hydroxylation sites is 1. The maximum atomic E-state index is 12.1. The van der Waals surface area contributed by atoms with E-state index in [1.807, 2.05) is 24.3 Å². The van der Waals surface area contributed by atoms with Crippen LogP contribution < -0.4 is 5.32 Å². The summed E-state index contributed by atoms with van der Waals surface area (Å²) in [4.78, 5) is 27.8. The number of anilines is 1. The molecule has 0 saturated carbocycles. The summed E-state index contributed by atoms with van der Waals surface area (Å²) in [7, 11) is 0. The maximum absolute atomic E-state index is 12.1. The summed E-state index contributed by atoms with van der Waals surface area (Å²) >= 11 is 11.5. The molecular weight excluding hydrogens is 363 g/mol. The zero-order chi connectivity index (χ0) is 18.4. The van der Waals surface area contributed by atoms with Crippen LogP contribution in [0.5, 0.6) is 0 Å². The fraction of sp³-hybridized carbons (Fsp3) is 0.278. The van der Waals surface area contributed by atoms with Gasteiger partial charge in [0.25, 0.3) is 5.91 Å². The fourth-order valence-electron chi connectivity index (χ4n) is 2.19. The second kappa shape index (κ2) is 8.83. The lowest BCUT2D eigenvalue weighted by Gasteiger charge is -2.15. The molecule has 5 nitrogen and oxygen atoms in total. The highest BCUT2D eigenvalue weighted by Gasteiger charge is 2.14. The summed E-state index contributed by atoms with van der Waals surface area (Å²) in [6.07, 6.45) is 2.19. The molecular formula is C18H18Cl2N2O3. The molecule has 0 spiro atoms. The Labute approximate surface area is 156 Å². The number of pyridine rings is 1. The van der Waals surface area contributed by atoms with Crippen LogP contribution in [0.25, 0.3) is 0 Å². The van der Waals surface area contributed by atoms with Crippen molar-refractivity contribution < 1.29 is 14.3 Å². The Hall–Kier alpha value is -2.11. The van der Waals surface area contributed by atoms with Crippen molar-refractivity contribution in [3.63, 3.8) is 0 Å². The third-order valence-corrected chi connectivity index (χ3v) is 4.43. The van der Waals surface area contributed by atoms with E-state index >= 15 is 0 Å². The number of hydrogen-bond acceptors (Lipinski definition) is 4. The Balaban J connectivity index is 1.97. The first-order valence-electron chi connectivity index (χ1n) is 7.79. The van der Waals surface area contributed by atoms with Gasteiger partial charge in [-0.05, 0) is 30.0 Å². The van der Waals surface area contributed by atoms with E-state index < -0.39 is 18.5 Å². The molecule has 1 atom stereocenters. The highest BCUT2D eigenvalue weighted by Crippen LogP contribution is 2.26. The number of halogens is 2. The van der Waals surface area contributed by atoms with Crippen LogP contribution in [0.2, 0.25) is 10.2 Å². The van der Waals surface area contributed by atoms with Gasteiger partial charge in [0.15, 0.2) is 6.61 Å². The quantitative estimate of drug-likeness (QED) is 0.582. The number of nitrogens with zero attached hydrogens (tertiary/aromatic N) is 1. The minimum absolute atomic E-state index is 0.0950. The number of amides is 1. The molecule has 0 unspecified atom stereocenters. The van der Waals surface area contributed by atoms with Crippen LogP contribution in [0, 0.1) is 0 Å². The molecule has 0 aliphatic carbocycles. The molecule has 0 bridgehead atoms. The van der Waals surface area contributed by atoms with E-state index in [1.165, 1.54) is 12.3 Å². The van der Waals surface area contributed by atoms with E-state index in [0.717, 1.165) is 12.0 Å². The summed E-state index contributed by atoms with van der Waals surface area (Å²) in [5.41, 5.74) is 1.88. The van der Waals surface area contributed by atoms with Gasteiger partial charge in [0.05, 0.1) is 10.6 Å². The molecule has 1 aromatic carbocycles. The zero-order valence-electron chi connectivity index (χ0n) is 13.9. The molecule has 2 aromatic rings. The van der Waals surface area contributed by atoms with Gasteiger partial charge in [-0.2, -0.15) is 0 Å². The predicted octanol–water partition coefficient (Wildman–Crippen LogP) is 4.70. The van der Waals surface area contributed by atoms with Crippen LogP contribution >= 0.6 is 23.2 Å². The Morgan fingerprint density at radius 2 is 2.00 bits per heavy atom. The second-order valence-corrected chi connectivity index (χ2v) is 6.28. The van der Waals surface area contributed by atoms with Crippen molar-refractivity contribution in [2.75, 3.05) is 11.9 Å². The number of carbonyl (C=O) groups excluding carboxylic acids is 2. The zero-order valence-corrected chi connectivity index (χ0v) is 15.4. The van der Waals surface area contributed by atoms with E-state index in [2.05, 4.69) is 24.1 Å². The van der Waals surface area contributed by atoms with Gasteiger partial charge in [-0.3, -0.25) is 4.79 Å². The highest BCUT2D eigenvalue weighted by atomic mass is 35.5. The highest BCUT2D eigenvalue weighted by molar-refractivity contribution is 6.41. The van der Waals surface area contributed by atoms with E-state index in [4.69, 9.17) is 27.9 Å². The molecule has 1 heterocycles. The topological polar surface area (TPSA) is 68.3 Å². The van der Waals surface area contributed by atoms with Crippen LogP contribution in [-0.2, 0) is 9.53 Å².